The van der Waals surface area contributed by atoms with E-state index in [1.807, 2.05) is 18.3 Å². The van der Waals surface area contributed by atoms with Crippen LogP contribution in [-0.4, -0.2) is 12.8 Å². The molecular formula is C29H43NO. The molecule has 0 N–H and O–H groups in total. The number of hydrogen-bond acceptors (Lipinski definition) is 2. The van der Waals surface area contributed by atoms with Crippen molar-refractivity contribution in [2.24, 2.45) is 4.99 Å². The SMILES string of the molecule is CCCCCCCCCCCCCC/N=C/c1ccc(OCc2ccc(C)cc2)cc1. The van der Waals surface area contributed by atoms with E-state index in [1.165, 1.54) is 88.2 Å². The van der Waals surface area contributed by atoms with Gasteiger partial charge in [-0.15, -0.1) is 0 Å². The Hall–Kier alpha value is -2.09. The summed E-state index contributed by atoms with van der Waals surface area (Å²) in [4.78, 5) is 4.59. The minimum atomic E-state index is 0.604. The minimum absolute atomic E-state index is 0.604. The highest BCUT2D eigenvalue weighted by molar-refractivity contribution is 5.79. The van der Waals surface area contributed by atoms with Crippen LogP contribution in [0, 0.1) is 6.92 Å². The van der Waals surface area contributed by atoms with Crippen molar-refractivity contribution in [1.82, 2.24) is 0 Å². The Bertz CT molecular complexity index is 703. The molecule has 0 amide bonds. The molecule has 0 radical (unpaired) electrons. The van der Waals surface area contributed by atoms with E-state index in [-0.39, 0.29) is 0 Å². The number of aliphatic imine (C=N–C) groups is 1. The first-order chi connectivity index (χ1) is 15.3. The molecule has 0 aliphatic carbocycles. The van der Waals surface area contributed by atoms with Crippen LogP contribution in [0.4, 0.5) is 0 Å². The molecule has 2 nitrogen and oxygen atoms in total. The monoisotopic (exact) mass is 421 g/mol. The summed E-state index contributed by atoms with van der Waals surface area (Å²) in [6.07, 6.45) is 18.6. The summed E-state index contributed by atoms with van der Waals surface area (Å²) in [5, 5.41) is 0. The molecule has 0 heterocycles. The van der Waals surface area contributed by atoms with Crippen LogP contribution in [0.1, 0.15) is 101 Å². The van der Waals surface area contributed by atoms with Crippen molar-refractivity contribution < 1.29 is 4.74 Å². The molecule has 0 bridgehead atoms. The van der Waals surface area contributed by atoms with Gasteiger partial charge in [0.25, 0.3) is 0 Å². The van der Waals surface area contributed by atoms with Crippen molar-refractivity contribution in [3.05, 3.63) is 65.2 Å². The largest absolute Gasteiger partial charge is 0.489 e. The summed E-state index contributed by atoms with van der Waals surface area (Å²) >= 11 is 0. The first kappa shape index (κ1) is 25.2. The van der Waals surface area contributed by atoms with Gasteiger partial charge in [-0.25, -0.2) is 0 Å². The van der Waals surface area contributed by atoms with Crippen LogP contribution in [0.25, 0.3) is 0 Å². The molecule has 0 saturated heterocycles. The van der Waals surface area contributed by atoms with Crippen molar-refractivity contribution in [1.29, 1.82) is 0 Å². The van der Waals surface area contributed by atoms with Crippen molar-refractivity contribution in [2.45, 2.75) is 97.5 Å². The van der Waals surface area contributed by atoms with E-state index >= 15 is 0 Å². The van der Waals surface area contributed by atoms with Gasteiger partial charge in [-0.1, -0.05) is 107 Å². The van der Waals surface area contributed by atoms with Crippen molar-refractivity contribution in [3.63, 3.8) is 0 Å². The highest BCUT2D eigenvalue weighted by Gasteiger charge is 1.97. The van der Waals surface area contributed by atoms with E-state index < -0.39 is 0 Å². The Kier molecular flexibility index (Phi) is 13.5. The Labute approximate surface area is 191 Å². The summed E-state index contributed by atoms with van der Waals surface area (Å²) in [5.41, 5.74) is 3.61. The third-order valence-electron chi connectivity index (χ3n) is 5.79. The zero-order chi connectivity index (χ0) is 22.0. The zero-order valence-corrected chi connectivity index (χ0v) is 20.0. The van der Waals surface area contributed by atoms with E-state index in [0.29, 0.717) is 6.61 Å². The van der Waals surface area contributed by atoms with Gasteiger partial charge >= 0.3 is 0 Å². The molecule has 2 rings (SSSR count). The van der Waals surface area contributed by atoms with Crippen LogP contribution in [-0.2, 0) is 6.61 Å². The fourth-order valence-corrected chi connectivity index (χ4v) is 3.72. The quantitative estimate of drug-likeness (QED) is 0.185. The van der Waals surface area contributed by atoms with Gasteiger partial charge in [0.2, 0.25) is 0 Å². The molecule has 31 heavy (non-hydrogen) atoms. The lowest BCUT2D eigenvalue weighted by molar-refractivity contribution is 0.306. The van der Waals surface area contributed by atoms with Gasteiger partial charge in [-0.05, 0) is 48.7 Å². The number of rotatable bonds is 17. The molecule has 0 aliphatic rings. The normalized spacial score (nSPS) is 11.3. The van der Waals surface area contributed by atoms with Gasteiger partial charge in [-0.2, -0.15) is 0 Å². The Morgan fingerprint density at radius 3 is 1.81 bits per heavy atom. The second kappa shape index (κ2) is 16.6. The first-order valence-electron chi connectivity index (χ1n) is 12.6. The zero-order valence-electron chi connectivity index (χ0n) is 20.0. The highest BCUT2D eigenvalue weighted by Crippen LogP contribution is 2.14. The molecule has 0 saturated carbocycles. The molecule has 0 aliphatic heterocycles. The van der Waals surface area contributed by atoms with Crippen LogP contribution in [0.3, 0.4) is 0 Å². The average molecular weight is 422 g/mol. The predicted molar refractivity (Wildman–Crippen MR) is 135 cm³/mol. The molecular weight excluding hydrogens is 378 g/mol. The standard InChI is InChI=1S/C29H43NO/c1-3-4-5-6-7-8-9-10-11-12-13-14-23-30-24-27-19-21-29(22-20-27)31-25-28-17-15-26(2)16-18-28/h15-22,24H,3-14,23,25H2,1-2H3/b30-24+. The van der Waals surface area contributed by atoms with E-state index in [1.54, 1.807) is 0 Å². The Morgan fingerprint density at radius 1 is 0.677 bits per heavy atom. The summed E-state index contributed by atoms with van der Waals surface area (Å²) in [5.74, 6) is 0.902. The number of unbranched alkanes of at least 4 members (excludes halogenated alkanes) is 11. The van der Waals surface area contributed by atoms with Gasteiger partial charge in [0.05, 0.1) is 0 Å². The predicted octanol–water partition coefficient (Wildman–Crippen LogP) is 8.69. The van der Waals surface area contributed by atoms with Crippen LogP contribution in [0.5, 0.6) is 5.75 Å². The second-order valence-electron chi connectivity index (χ2n) is 8.77. The molecule has 170 valence electrons. The summed E-state index contributed by atoms with van der Waals surface area (Å²) < 4.78 is 5.87. The number of benzene rings is 2. The van der Waals surface area contributed by atoms with Crippen molar-refractivity contribution >= 4 is 6.21 Å². The maximum Gasteiger partial charge on any atom is 0.119 e. The van der Waals surface area contributed by atoms with Gasteiger partial charge < -0.3 is 4.74 Å². The van der Waals surface area contributed by atoms with Crippen molar-refractivity contribution in [2.75, 3.05) is 6.54 Å². The maximum atomic E-state index is 5.87. The summed E-state index contributed by atoms with van der Waals surface area (Å²) in [6.45, 7) is 5.92. The minimum Gasteiger partial charge on any atom is -0.489 e. The summed E-state index contributed by atoms with van der Waals surface area (Å²) in [7, 11) is 0. The molecule has 0 fully saturated rings. The fraction of sp³-hybridized carbons (Fsp3) is 0.552. The second-order valence-corrected chi connectivity index (χ2v) is 8.77. The van der Waals surface area contributed by atoms with Crippen LogP contribution >= 0.6 is 0 Å². The van der Waals surface area contributed by atoms with Gasteiger partial charge in [0.1, 0.15) is 12.4 Å². The van der Waals surface area contributed by atoms with Gasteiger partial charge in [0.15, 0.2) is 0 Å². The fourth-order valence-electron chi connectivity index (χ4n) is 3.72. The topological polar surface area (TPSA) is 21.6 Å². The molecule has 0 aromatic heterocycles. The first-order valence-corrected chi connectivity index (χ1v) is 12.6. The smallest absolute Gasteiger partial charge is 0.119 e. The number of ether oxygens (including phenoxy) is 1. The molecule has 2 aromatic carbocycles. The van der Waals surface area contributed by atoms with Gasteiger partial charge in [-0.3, -0.25) is 4.99 Å². The Morgan fingerprint density at radius 2 is 1.23 bits per heavy atom. The Balaban J connectivity index is 1.47. The maximum absolute atomic E-state index is 5.87. The number of aryl methyl sites for hydroxylation is 1. The third-order valence-corrected chi connectivity index (χ3v) is 5.79. The average Bonchev–Trinajstić information content (AvgIpc) is 2.80. The molecule has 2 aromatic rings. The lowest BCUT2D eigenvalue weighted by Crippen LogP contribution is -1.95. The van der Waals surface area contributed by atoms with Crippen LogP contribution in [0.15, 0.2) is 53.5 Å². The molecule has 0 atom stereocenters. The molecule has 2 heteroatoms. The van der Waals surface area contributed by atoms with Gasteiger partial charge in [0, 0.05) is 12.8 Å². The van der Waals surface area contributed by atoms with E-state index in [4.69, 9.17) is 4.74 Å². The summed E-state index contributed by atoms with van der Waals surface area (Å²) in [6, 6.07) is 16.7. The lowest BCUT2D eigenvalue weighted by atomic mass is 10.1. The number of nitrogens with zero attached hydrogens (tertiary/aromatic N) is 1. The lowest BCUT2D eigenvalue weighted by Gasteiger charge is -2.06. The number of hydrogen-bond donors (Lipinski definition) is 0. The highest BCUT2D eigenvalue weighted by atomic mass is 16.5. The molecule has 0 spiro atoms. The van der Waals surface area contributed by atoms with E-state index in [0.717, 1.165) is 17.9 Å². The molecule has 0 unspecified atom stereocenters. The van der Waals surface area contributed by atoms with Crippen LogP contribution in [0.2, 0.25) is 0 Å². The van der Waals surface area contributed by atoms with E-state index in [2.05, 4.69) is 55.2 Å². The van der Waals surface area contributed by atoms with Crippen molar-refractivity contribution in [3.8, 4) is 5.75 Å². The third kappa shape index (κ3) is 12.4. The van der Waals surface area contributed by atoms with E-state index in [9.17, 15) is 0 Å². The van der Waals surface area contributed by atoms with Crippen LogP contribution < -0.4 is 4.74 Å².